The fraction of sp³-hybridized carbons (Fsp3) is 0. The molecule has 0 unspecified atom stereocenters. The molecule has 0 saturated carbocycles. The van der Waals surface area contributed by atoms with Crippen molar-refractivity contribution in [2.75, 3.05) is 0 Å². The second kappa shape index (κ2) is 14.7. The van der Waals surface area contributed by atoms with Crippen LogP contribution in [0, 0.1) is 0 Å². The van der Waals surface area contributed by atoms with E-state index < -0.39 is 160 Å². The lowest BCUT2D eigenvalue weighted by Gasteiger charge is -2.13. The van der Waals surface area contributed by atoms with Gasteiger partial charge in [-0.3, -0.25) is 9.13 Å². The summed E-state index contributed by atoms with van der Waals surface area (Å²) in [6.45, 7) is 0. The Morgan fingerprint density at radius 2 is 0.742 bits per heavy atom. The summed E-state index contributed by atoms with van der Waals surface area (Å²) in [5, 5.41) is -1.44. The Bertz CT molecular complexity index is 4690. The quantitative estimate of drug-likeness (QED) is 0.161. The van der Waals surface area contributed by atoms with Gasteiger partial charge >= 0.3 is 0 Å². The number of fused-ring (bicyclic) bond motifs is 6. The number of rotatable bonds is 7. The Morgan fingerprint density at radius 3 is 1.31 bits per heavy atom. The summed E-state index contributed by atoms with van der Waals surface area (Å²) in [6, 6.07) is 17.6. The van der Waals surface area contributed by atoms with E-state index in [-0.39, 0.29) is 38.6 Å². The summed E-state index contributed by atoms with van der Waals surface area (Å²) in [5.41, 5.74) is 2.66. The molecule has 0 saturated heterocycles. The van der Waals surface area contributed by atoms with Crippen molar-refractivity contribution in [1.29, 1.82) is 0 Å². The molecule has 3 aromatic heterocycles. The average Bonchev–Trinajstić information content (AvgIpc) is 2.37. The van der Waals surface area contributed by atoms with Gasteiger partial charge in [-0.25, -0.2) is 0 Å². The largest absolute Gasteiger partial charge is 0.278 e. The highest BCUT2D eigenvalue weighted by Gasteiger charge is 2.21. The maximum Gasteiger partial charge on any atom is 0.240 e. The molecule has 12 rings (SSSR count). The van der Waals surface area contributed by atoms with Crippen LogP contribution < -0.4 is 0 Å². The predicted octanol–water partition coefficient (Wildman–Crippen LogP) is 14.4. The van der Waals surface area contributed by atoms with Crippen LogP contribution in [-0.4, -0.2) is 24.1 Å². The van der Waals surface area contributed by atoms with E-state index in [0.717, 1.165) is 37.0 Å². The number of aromatic nitrogens is 5. The van der Waals surface area contributed by atoms with Gasteiger partial charge in [-0.2, -0.15) is 15.0 Å². The molecule has 0 aliphatic rings. The lowest BCUT2D eigenvalue weighted by atomic mass is 9.97. The first-order valence-corrected chi connectivity index (χ1v) is 19.3. The molecule has 0 bridgehead atoms. The van der Waals surface area contributed by atoms with E-state index in [1.54, 1.807) is 18.2 Å². The third-order valence-corrected chi connectivity index (χ3v) is 10.6. The molecule has 0 aliphatic heterocycles. The van der Waals surface area contributed by atoms with Crippen LogP contribution in [0.15, 0.2) is 224 Å². The van der Waals surface area contributed by atoms with Gasteiger partial charge in [-0.1, -0.05) is 194 Å². The summed E-state index contributed by atoms with van der Waals surface area (Å²) in [6.07, 6.45) is 0. The fourth-order valence-corrected chi connectivity index (χ4v) is 7.69. The molecule has 62 heavy (non-hydrogen) atoms. The van der Waals surface area contributed by atoms with Crippen molar-refractivity contribution in [1.82, 2.24) is 24.1 Å². The fourth-order valence-electron chi connectivity index (χ4n) is 7.69. The Morgan fingerprint density at radius 1 is 0.306 bits per heavy atom. The van der Waals surface area contributed by atoms with Crippen molar-refractivity contribution >= 4 is 43.6 Å². The molecule has 3 heterocycles. The van der Waals surface area contributed by atoms with Gasteiger partial charge in [-0.05, 0) is 74.7 Å². The topological polar surface area (TPSA) is 48.5 Å². The lowest BCUT2D eigenvalue weighted by molar-refractivity contribution is 0.893. The van der Waals surface area contributed by atoms with Crippen molar-refractivity contribution in [3.8, 4) is 67.8 Å². The smallest absolute Gasteiger partial charge is 0.240 e. The van der Waals surface area contributed by atoms with E-state index in [1.165, 1.54) is 0 Å². The van der Waals surface area contributed by atoms with Crippen molar-refractivity contribution in [2.45, 2.75) is 0 Å². The molecule has 5 nitrogen and oxygen atoms in total. The van der Waals surface area contributed by atoms with Gasteiger partial charge in [0.25, 0.3) is 0 Å². The van der Waals surface area contributed by atoms with Crippen LogP contribution in [0.1, 0.15) is 27.4 Å². The summed E-state index contributed by atoms with van der Waals surface area (Å²) < 4.78 is 182. The number of para-hydroxylation sites is 3. The second-order valence-electron chi connectivity index (χ2n) is 14.2. The van der Waals surface area contributed by atoms with E-state index in [2.05, 4.69) is 0 Å². The lowest BCUT2D eigenvalue weighted by Crippen LogP contribution is -2.10. The Balaban J connectivity index is 1.18. The molecule has 9 aromatic carbocycles. The Labute approximate surface area is 386 Å². The van der Waals surface area contributed by atoms with E-state index >= 15 is 0 Å². The highest BCUT2D eigenvalue weighted by molar-refractivity contribution is 6.10. The number of hydrogen-bond acceptors (Lipinski definition) is 3. The first-order valence-electron chi connectivity index (χ1n) is 29.3. The number of hydrogen-bond donors (Lipinski definition) is 0. The van der Waals surface area contributed by atoms with E-state index in [1.807, 2.05) is 84.9 Å². The molecule has 5 heteroatoms. The zero-order chi connectivity index (χ0) is 58.4. The second-order valence-corrected chi connectivity index (χ2v) is 14.2. The van der Waals surface area contributed by atoms with Crippen LogP contribution in [0.25, 0.3) is 111 Å². The van der Waals surface area contributed by atoms with E-state index in [9.17, 15) is 9.60 Å². The third-order valence-electron chi connectivity index (χ3n) is 10.6. The molecule has 290 valence electrons. The minimum Gasteiger partial charge on any atom is -0.278 e. The predicted molar refractivity (Wildman–Crippen MR) is 256 cm³/mol. The number of benzene rings is 9. The van der Waals surface area contributed by atoms with E-state index in [0.29, 0.717) is 5.56 Å². The van der Waals surface area contributed by atoms with Crippen molar-refractivity contribution in [3.63, 3.8) is 0 Å². The van der Waals surface area contributed by atoms with Crippen LogP contribution in [0.4, 0.5) is 0 Å². The van der Waals surface area contributed by atoms with Crippen LogP contribution in [-0.2, 0) is 0 Å². The summed E-state index contributed by atoms with van der Waals surface area (Å²) in [4.78, 5) is 14.6. The van der Waals surface area contributed by atoms with Crippen LogP contribution in [0.3, 0.4) is 0 Å². The minimum absolute atomic E-state index is 0.231. The first kappa shape index (κ1) is 20.7. The zero-order valence-electron chi connectivity index (χ0n) is 52.1. The van der Waals surface area contributed by atoms with Crippen molar-refractivity contribution in [2.24, 2.45) is 0 Å². The standard InChI is InChI=1S/C57H37N5/c1-3-14-38(15-4-1)40-26-28-41(29-27-40)42-30-32-43(33-31-42)44-18-13-19-46(36-44)55-58-56(61-51-23-10-7-20-47(51)48-21-8-11-24-52(48)61)60-57(59-55)62-53-25-12-9-22-49(53)50-35-34-45(37-54(50)62)39-16-5-2-6-17-39/h1-37H/i2D,5D,6D,7D,8D,9D,10D,11D,12D,16D,17D,20D,21D,22D,23D,24D,25D,34D,35D,37D. The van der Waals surface area contributed by atoms with Gasteiger partial charge in [0.2, 0.25) is 11.9 Å². The van der Waals surface area contributed by atoms with Gasteiger partial charge in [0, 0.05) is 27.1 Å². The average molecular weight is 812 g/mol. The Kier molecular flexibility index (Phi) is 4.91. The molecule has 0 aliphatic carbocycles. The van der Waals surface area contributed by atoms with Gasteiger partial charge in [-0.15, -0.1) is 0 Å². The molecular weight excluding hydrogens is 755 g/mol. The maximum atomic E-state index is 9.91. The molecule has 0 N–H and O–H groups in total. The molecule has 0 fully saturated rings. The molecule has 0 atom stereocenters. The normalized spacial score (nSPS) is 16.1. The van der Waals surface area contributed by atoms with Gasteiger partial charge < -0.3 is 0 Å². The minimum atomic E-state index is -0.823. The maximum absolute atomic E-state index is 9.91. The molecule has 0 radical (unpaired) electrons. The van der Waals surface area contributed by atoms with Crippen LogP contribution in [0.2, 0.25) is 0 Å². The zero-order valence-corrected chi connectivity index (χ0v) is 32.1. The van der Waals surface area contributed by atoms with Crippen molar-refractivity contribution in [3.05, 3.63) is 224 Å². The molecule has 0 amide bonds. The molecule has 12 aromatic rings. The van der Waals surface area contributed by atoms with Crippen molar-refractivity contribution < 1.29 is 27.4 Å². The van der Waals surface area contributed by atoms with E-state index in [4.69, 9.17) is 32.8 Å². The summed E-state index contributed by atoms with van der Waals surface area (Å²) in [5.74, 6) is -1.38. The number of nitrogens with zero attached hydrogens (tertiary/aromatic N) is 5. The van der Waals surface area contributed by atoms with Gasteiger partial charge in [0.15, 0.2) is 5.82 Å². The SMILES string of the molecule is [2H]c1c([2H])c([2H])c(-c2c([2H])c([2H])c3c4c([2H])c([2H])c([2H])c([2H])c4n(-c4nc(-c5cccc(-c6ccc(-c7ccc(-c8ccccc8)cc7)cc6)c5)nc(-n5c6c([2H])c([2H])c([2H])c([2H])c6c6c([2H])c([2H])c([2H])c([2H])c65)n4)c3c2[2H])c([2H])c1[2H]. The monoisotopic (exact) mass is 811 g/mol. The van der Waals surface area contributed by atoms with Gasteiger partial charge in [0.05, 0.1) is 49.5 Å². The highest BCUT2D eigenvalue weighted by atomic mass is 15.3. The van der Waals surface area contributed by atoms with Crippen LogP contribution in [0.5, 0.6) is 0 Å². The summed E-state index contributed by atoms with van der Waals surface area (Å²) >= 11 is 0. The molecule has 0 spiro atoms. The summed E-state index contributed by atoms with van der Waals surface area (Å²) in [7, 11) is 0. The highest BCUT2D eigenvalue weighted by Crippen LogP contribution is 2.37. The first-order chi connectivity index (χ1) is 39.0. The van der Waals surface area contributed by atoms with Crippen LogP contribution >= 0.6 is 0 Å². The third kappa shape index (κ3) is 6.06. The van der Waals surface area contributed by atoms with Gasteiger partial charge in [0.1, 0.15) is 0 Å². The Hall–Kier alpha value is -8.41. The molecular formula is C57H37N5.